The monoisotopic (exact) mass is 424 g/mol. The summed E-state index contributed by atoms with van der Waals surface area (Å²) in [5.74, 6) is -0.412. The molecule has 1 amide bonds. The van der Waals surface area contributed by atoms with Gasteiger partial charge in [-0.15, -0.1) is 0 Å². The molecule has 0 fully saturated rings. The van der Waals surface area contributed by atoms with Gasteiger partial charge in [0.05, 0.1) is 22.1 Å². The molecule has 2 aromatic carbocycles. The number of nitrogens with zero attached hydrogens (tertiary/aromatic N) is 1. The zero-order chi connectivity index (χ0) is 20.6. The Labute approximate surface area is 171 Å². The second-order valence-corrected chi connectivity index (χ2v) is 8.95. The van der Waals surface area contributed by atoms with E-state index in [1.807, 2.05) is 18.2 Å². The van der Waals surface area contributed by atoms with Crippen LogP contribution < -0.4 is 5.32 Å². The summed E-state index contributed by atoms with van der Waals surface area (Å²) in [5.41, 5.74) is 1.35. The van der Waals surface area contributed by atoms with Crippen LogP contribution in [0, 0.1) is 0 Å². The molecule has 0 saturated heterocycles. The van der Waals surface area contributed by atoms with Crippen molar-refractivity contribution in [2.75, 3.05) is 33.9 Å². The largest absolute Gasteiger partial charge is 0.381 e. The van der Waals surface area contributed by atoms with Gasteiger partial charge in [0.15, 0.2) is 0 Å². The minimum absolute atomic E-state index is 0.0243. The van der Waals surface area contributed by atoms with E-state index in [1.54, 1.807) is 0 Å². The first-order valence-corrected chi connectivity index (χ1v) is 10.8. The molecule has 2 rings (SSSR count). The Bertz CT molecular complexity index is 886. The lowest BCUT2D eigenvalue weighted by molar-refractivity contribution is 0.0942. The van der Waals surface area contributed by atoms with Crippen molar-refractivity contribution in [1.82, 2.24) is 9.62 Å². The minimum atomic E-state index is -3.63. The van der Waals surface area contributed by atoms with Crippen molar-refractivity contribution in [3.63, 3.8) is 0 Å². The molecule has 0 radical (unpaired) electrons. The number of amides is 1. The van der Waals surface area contributed by atoms with Gasteiger partial charge in [-0.2, -0.15) is 0 Å². The molecule has 6 nitrogen and oxygen atoms in total. The molecular weight excluding hydrogens is 400 g/mol. The summed E-state index contributed by atoms with van der Waals surface area (Å²) in [6.45, 7) is 1.55. The number of carbonyl (C=O) groups is 1. The number of nitrogens with one attached hydrogen (secondary N) is 1. The molecule has 0 spiro atoms. The SMILES string of the molecule is CN(C)S(=O)(=O)c1ccc(Cl)c(C(=O)NCCCOCCc2ccccc2)c1. The van der Waals surface area contributed by atoms with Crippen LogP contribution in [-0.2, 0) is 21.2 Å². The number of rotatable bonds is 10. The second-order valence-electron chi connectivity index (χ2n) is 6.39. The van der Waals surface area contributed by atoms with Crippen molar-refractivity contribution in [2.24, 2.45) is 0 Å². The Morgan fingerprint density at radius 3 is 2.50 bits per heavy atom. The van der Waals surface area contributed by atoms with Crippen molar-refractivity contribution in [3.05, 3.63) is 64.7 Å². The number of ether oxygens (including phenoxy) is 1. The molecule has 28 heavy (non-hydrogen) atoms. The second kappa shape index (κ2) is 10.6. The van der Waals surface area contributed by atoms with E-state index in [4.69, 9.17) is 16.3 Å². The highest BCUT2D eigenvalue weighted by molar-refractivity contribution is 7.89. The van der Waals surface area contributed by atoms with Gasteiger partial charge in [-0.1, -0.05) is 41.9 Å². The molecule has 0 unspecified atom stereocenters. The lowest BCUT2D eigenvalue weighted by atomic mass is 10.2. The van der Waals surface area contributed by atoms with Crippen molar-refractivity contribution >= 4 is 27.5 Å². The molecule has 152 valence electrons. The zero-order valence-electron chi connectivity index (χ0n) is 16.0. The summed E-state index contributed by atoms with van der Waals surface area (Å²) in [4.78, 5) is 12.4. The van der Waals surface area contributed by atoms with Gasteiger partial charge < -0.3 is 10.1 Å². The summed E-state index contributed by atoms with van der Waals surface area (Å²) in [5, 5.41) is 2.95. The smallest absolute Gasteiger partial charge is 0.252 e. The van der Waals surface area contributed by atoms with E-state index in [9.17, 15) is 13.2 Å². The summed E-state index contributed by atoms with van der Waals surface area (Å²) in [7, 11) is -0.769. The van der Waals surface area contributed by atoms with Crippen LogP contribution in [0.3, 0.4) is 0 Å². The lowest BCUT2D eigenvalue weighted by Gasteiger charge is -2.13. The fourth-order valence-corrected chi connectivity index (χ4v) is 3.59. The molecule has 8 heteroatoms. The molecular formula is C20H25ClN2O4S. The average molecular weight is 425 g/mol. The topological polar surface area (TPSA) is 75.7 Å². The molecule has 0 saturated carbocycles. The van der Waals surface area contributed by atoms with Gasteiger partial charge in [-0.05, 0) is 36.6 Å². The Balaban J connectivity index is 1.78. The first kappa shape index (κ1) is 22.4. The maximum absolute atomic E-state index is 12.3. The van der Waals surface area contributed by atoms with E-state index in [2.05, 4.69) is 17.4 Å². The molecule has 0 atom stereocenters. The van der Waals surface area contributed by atoms with E-state index in [-0.39, 0.29) is 15.5 Å². The van der Waals surface area contributed by atoms with Crippen LogP contribution in [-0.4, -0.2) is 52.5 Å². The normalized spacial score (nSPS) is 11.6. The predicted molar refractivity (Wildman–Crippen MR) is 110 cm³/mol. The van der Waals surface area contributed by atoms with Crippen molar-refractivity contribution in [1.29, 1.82) is 0 Å². The highest BCUT2D eigenvalue weighted by Crippen LogP contribution is 2.22. The number of sulfonamides is 1. The lowest BCUT2D eigenvalue weighted by Crippen LogP contribution is -2.27. The van der Waals surface area contributed by atoms with Crippen LogP contribution in [0.2, 0.25) is 5.02 Å². The standard InChI is InChI=1S/C20H25ClN2O4S/c1-23(2)28(25,26)17-9-10-19(21)18(15-17)20(24)22-12-6-13-27-14-11-16-7-4-3-5-8-16/h3-5,7-10,15H,6,11-14H2,1-2H3,(H,22,24). The Morgan fingerprint density at radius 1 is 1.11 bits per heavy atom. The Kier molecular flexibility index (Phi) is 8.44. The number of hydrogen-bond acceptors (Lipinski definition) is 4. The summed E-state index contributed by atoms with van der Waals surface area (Å²) >= 11 is 6.07. The van der Waals surface area contributed by atoms with E-state index < -0.39 is 15.9 Å². The highest BCUT2D eigenvalue weighted by atomic mass is 35.5. The minimum Gasteiger partial charge on any atom is -0.381 e. The predicted octanol–water partition coefficient (Wildman–Crippen LogP) is 2.97. The first-order chi connectivity index (χ1) is 13.3. The molecule has 1 N–H and O–H groups in total. The van der Waals surface area contributed by atoms with Crippen LogP contribution in [0.4, 0.5) is 0 Å². The van der Waals surface area contributed by atoms with Gasteiger partial charge in [-0.3, -0.25) is 4.79 Å². The van der Waals surface area contributed by atoms with Gasteiger partial charge >= 0.3 is 0 Å². The summed E-state index contributed by atoms with van der Waals surface area (Å²) < 4.78 is 31.1. The Morgan fingerprint density at radius 2 is 1.82 bits per heavy atom. The zero-order valence-corrected chi connectivity index (χ0v) is 17.6. The van der Waals surface area contributed by atoms with Crippen LogP contribution in [0.15, 0.2) is 53.4 Å². The molecule has 0 aliphatic carbocycles. The number of carbonyl (C=O) groups excluding carboxylic acids is 1. The van der Waals surface area contributed by atoms with Crippen molar-refractivity contribution in [2.45, 2.75) is 17.7 Å². The van der Waals surface area contributed by atoms with Crippen LogP contribution in [0.25, 0.3) is 0 Å². The third-order valence-electron chi connectivity index (χ3n) is 4.09. The van der Waals surface area contributed by atoms with Crippen LogP contribution in [0.5, 0.6) is 0 Å². The van der Waals surface area contributed by atoms with Gasteiger partial charge in [0, 0.05) is 27.2 Å². The van der Waals surface area contributed by atoms with Crippen molar-refractivity contribution < 1.29 is 17.9 Å². The molecule has 0 aliphatic rings. The fourth-order valence-electron chi connectivity index (χ4n) is 2.46. The van der Waals surface area contributed by atoms with Crippen LogP contribution >= 0.6 is 11.6 Å². The van der Waals surface area contributed by atoms with E-state index >= 15 is 0 Å². The molecule has 0 aliphatic heterocycles. The molecule has 0 heterocycles. The highest BCUT2D eigenvalue weighted by Gasteiger charge is 2.20. The number of hydrogen-bond donors (Lipinski definition) is 1. The van der Waals surface area contributed by atoms with E-state index in [1.165, 1.54) is 37.9 Å². The fraction of sp³-hybridized carbons (Fsp3) is 0.350. The summed E-state index contributed by atoms with van der Waals surface area (Å²) in [6.07, 6.45) is 1.49. The number of halogens is 1. The average Bonchev–Trinajstić information content (AvgIpc) is 2.68. The molecule has 0 bridgehead atoms. The summed E-state index contributed by atoms with van der Waals surface area (Å²) in [6, 6.07) is 14.2. The Hall–Kier alpha value is -1.93. The molecule has 2 aromatic rings. The van der Waals surface area contributed by atoms with Crippen molar-refractivity contribution in [3.8, 4) is 0 Å². The number of benzene rings is 2. The third-order valence-corrected chi connectivity index (χ3v) is 6.23. The van der Waals surface area contributed by atoms with Gasteiger partial charge in [0.2, 0.25) is 10.0 Å². The van der Waals surface area contributed by atoms with Gasteiger partial charge in [-0.25, -0.2) is 12.7 Å². The third kappa shape index (κ3) is 6.31. The maximum atomic E-state index is 12.3. The van der Waals surface area contributed by atoms with Crippen LogP contribution in [0.1, 0.15) is 22.3 Å². The first-order valence-electron chi connectivity index (χ1n) is 8.94. The molecule has 0 aromatic heterocycles. The van der Waals surface area contributed by atoms with E-state index in [0.717, 1.165) is 10.7 Å². The van der Waals surface area contributed by atoms with Gasteiger partial charge in [0.1, 0.15) is 0 Å². The maximum Gasteiger partial charge on any atom is 0.252 e. The quantitative estimate of drug-likeness (QED) is 0.595. The van der Waals surface area contributed by atoms with Gasteiger partial charge in [0.25, 0.3) is 5.91 Å². The van der Waals surface area contributed by atoms with E-state index in [0.29, 0.717) is 26.2 Å².